The molecule has 13 rings (SSSR count). The minimum absolute atomic E-state index is 0.245. The summed E-state index contributed by atoms with van der Waals surface area (Å²) < 4.78 is 0. The number of hydrogen-bond donors (Lipinski definition) is 2. The Morgan fingerprint density at radius 1 is 0.312 bits per heavy atom. The minimum atomic E-state index is 0.245. The van der Waals surface area contributed by atoms with Crippen molar-refractivity contribution in [2.45, 2.75) is 40.6 Å². The fraction of sp³-hybridized carbons (Fsp3) is 0.167. The van der Waals surface area contributed by atoms with E-state index in [1.165, 1.54) is 22.3 Å². The Balaban J connectivity index is 1.05. The second-order valence-electron chi connectivity index (χ2n) is 15.6. The van der Waals surface area contributed by atoms with Crippen LogP contribution in [0.2, 0.25) is 0 Å². The van der Waals surface area contributed by atoms with Crippen LogP contribution < -0.4 is 0 Å². The highest BCUT2D eigenvalue weighted by atomic mass is 32.2. The van der Waals surface area contributed by atoms with Crippen LogP contribution in [0, 0.1) is 0 Å². The van der Waals surface area contributed by atoms with E-state index < -0.39 is 0 Å². The van der Waals surface area contributed by atoms with Crippen molar-refractivity contribution < 1.29 is 0 Å². The van der Waals surface area contributed by atoms with Gasteiger partial charge in [-0.1, -0.05) is 121 Å². The van der Waals surface area contributed by atoms with Crippen LogP contribution in [0.15, 0.2) is 141 Å². The van der Waals surface area contributed by atoms with E-state index in [2.05, 4.69) is 131 Å². The van der Waals surface area contributed by atoms with Gasteiger partial charge in [-0.3, -0.25) is 0 Å². The van der Waals surface area contributed by atoms with Gasteiger partial charge in [-0.25, -0.2) is 29.9 Å². The Morgan fingerprint density at radius 3 is 1.06 bits per heavy atom. The van der Waals surface area contributed by atoms with E-state index in [0.717, 1.165) is 84.8 Å². The molecule has 4 unspecified atom stereocenters. The maximum Gasteiger partial charge on any atom is 0.171 e. The van der Waals surface area contributed by atoms with Crippen molar-refractivity contribution in [2.75, 3.05) is 23.0 Å². The van der Waals surface area contributed by atoms with Gasteiger partial charge < -0.3 is 9.97 Å². The van der Waals surface area contributed by atoms with Crippen LogP contribution in [-0.2, 0) is 0 Å². The molecule has 7 aromatic rings. The summed E-state index contributed by atoms with van der Waals surface area (Å²) in [5, 5.41) is 1.02. The Kier molecular flexibility index (Phi) is 10.7. The lowest BCUT2D eigenvalue weighted by Crippen LogP contribution is -2.04. The molecule has 4 aromatic carbocycles. The SMILES string of the molecule is c1ccc(C2CSC3=C(S2)c2nc4nc(nc5[nH]c(nc6[nH]c(nc3n2)c2c6SCC(c3ccccc3)S2)c2c5SCC(c3ccccc3)S2)C2=C4SCC(c3ccccc3)S2)cc1. The average molecular weight is 979 g/mol. The van der Waals surface area contributed by atoms with Crippen LogP contribution in [0.5, 0.6) is 0 Å². The first-order valence-corrected chi connectivity index (χ1v) is 28.3. The number of aromatic nitrogens is 8. The van der Waals surface area contributed by atoms with E-state index in [4.69, 9.17) is 29.9 Å². The molecule has 0 radical (unpaired) electrons. The van der Waals surface area contributed by atoms with Gasteiger partial charge in [-0.15, -0.1) is 94.1 Å². The molecule has 64 heavy (non-hydrogen) atoms. The third-order valence-electron chi connectivity index (χ3n) is 11.5. The minimum Gasteiger partial charge on any atom is -0.323 e. The molecule has 0 aliphatic carbocycles. The fourth-order valence-corrected chi connectivity index (χ4v) is 19.3. The molecule has 0 amide bonds. The number of rotatable bonds is 4. The highest BCUT2D eigenvalue weighted by molar-refractivity contribution is 8.17. The van der Waals surface area contributed by atoms with Crippen molar-refractivity contribution in [2.24, 2.45) is 0 Å². The molecule has 2 N–H and O–H groups in total. The van der Waals surface area contributed by atoms with Crippen LogP contribution in [0.4, 0.5) is 0 Å². The molecule has 3 aromatic heterocycles. The van der Waals surface area contributed by atoms with E-state index in [1.54, 1.807) is 0 Å². The monoisotopic (exact) mass is 978 g/mol. The van der Waals surface area contributed by atoms with Gasteiger partial charge in [-0.2, -0.15) is 0 Å². The molecule has 6 aliphatic heterocycles. The number of H-pyrrole nitrogens is 2. The summed E-state index contributed by atoms with van der Waals surface area (Å²) in [6.07, 6.45) is 0. The predicted molar refractivity (Wildman–Crippen MR) is 276 cm³/mol. The molecule has 0 saturated carbocycles. The van der Waals surface area contributed by atoms with Crippen LogP contribution in [0.25, 0.3) is 42.2 Å². The molecule has 314 valence electrons. The molecule has 4 atom stereocenters. The number of nitrogens with zero attached hydrogens (tertiary/aromatic N) is 6. The standard InChI is InChI=1S/C48H34N8S8/c1-5-13-25(14-6-1)29-21-57-33-37(61-29)45-49-41(33)54-46-39-35(59-23-31(63-39)27-17-9-3-10-18-27)43(51-46)56-48-40-36(60-24-32(64-40)28-19-11-4-12-20-28)44(52-48)55-47-38-34(42(50-47)53-45)58-22-30(62-38)26-15-7-2-8-16-26/h1-20,29-32H,21-24H2,(H2,49,50,51,52,53,54,55,56). The largest absolute Gasteiger partial charge is 0.323 e. The van der Waals surface area contributed by atoms with Gasteiger partial charge in [-0.05, 0) is 22.3 Å². The van der Waals surface area contributed by atoms with Crippen molar-refractivity contribution in [1.29, 1.82) is 0 Å². The second-order valence-corrected chi connectivity index (χ2v) is 24.5. The number of aromatic amines is 2. The number of fused-ring (bicyclic) bond motifs is 18. The van der Waals surface area contributed by atoms with Crippen molar-refractivity contribution in [3.63, 3.8) is 0 Å². The lowest BCUT2D eigenvalue weighted by Gasteiger charge is -2.23. The molecular weight excluding hydrogens is 945 g/mol. The average Bonchev–Trinajstić information content (AvgIpc) is 4.10. The number of nitrogens with one attached hydrogen (secondary N) is 2. The first kappa shape index (κ1) is 40.3. The van der Waals surface area contributed by atoms with Crippen LogP contribution in [0.3, 0.4) is 0 Å². The first-order valence-electron chi connectivity index (χ1n) is 20.8. The molecule has 9 heterocycles. The second kappa shape index (κ2) is 17.0. The Bertz CT molecular complexity index is 3220. The fourth-order valence-electron chi connectivity index (χ4n) is 8.36. The van der Waals surface area contributed by atoms with E-state index >= 15 is 0 Å². The van der Waals surface area contributed by atoms with Crippen molar-refractivity contribution in [1.82, 2.24) is 39.9 Å². The zero-order valence-electron chi connectivity index (χ0n) is 33.6. The third kappa shape index (κ3) is 7.36. The predicted octanol–water partition coefficient (Wildman–Crippen LogP) is 13.9. The molecular formula is C48H34N8S8. The Hall–Kier alpha value is -4.00. The van der Waals surface area contributed by atoms with Gasteiger partial charge in [0.15, 0.2) is 23.3 Å². The van der Waals surface area contributed by atoms with Crippen molar-refractivity contribution >= 4 is 136 Å². The third-order valence-corrected chi connectivity index (χ3v) is 23.0. The van der Waals surface area contributed by atoms with E-state index in [9.17, 15) is 0 Å². The van der Waals surface area contributed by atoms with Gasteiger partial charge in [0.2, 0.25) is 0 Å². The molecule has 8 nitrogen and oxygen atoms in total. The normalized spacial score (nSPS) is 21.5. The molecule has 8 bridgehead atoms. The van der Waals surface area contributed by atoms with E-state index in [1.807, 2.05) is 94.1 Å². The van der Waals surface area contributed by atoms with Gasteiger partial charge in [0.05, 0.1) is 39.2 Å². The molecule has 16 heteroatoms. The number of thioether (sulfide) groups is 8. The molecule has 0 fully saturated rings. The van der Waals surface area contributed by atoms with Gasteiger partial charge in [0.25, 0.3) is 0 Å². The first-order chi connectivity index (χ1) is 31.7. The van der Waals surface area contributed by atoms with Gasteiger partial charge >= 0.3 is 0 Å². The zero-order chi connectivity index (χ0) is 42.1. The highest BCUT2D eigenvalue weighted by Gasteiger charge is 2.37. The van der Waals surface area contributed by atoms with Crippen LogP contribution in [0.1, 0.15) is 66.6 Å². The van der Waals surface area contributed by atoms with Gasteiger partial charge in [0, 0.05) is 44.0 Å². The van der Waals surface area contributed by atoms with Gasteiger partial charge in [0.1, 0.15) is 22.6 Å². The Morgan fingerprint density at radius 2 is 0.625 bits per heavy atom. The molecule has 0 spiro atoms. The zero-order valence-corrected chi connectivity index (χ0v) is 40.2. The lowest BCUT2D eigenvalue weighted by atomic mass is 10.2. The van der Waals surface area contributed by atoms with Crippen LogP contribution >= 0.6 is 94.1 Å². The van der Waals surface area contributed by atoms with Crippen molar-refractivity contribution in [3.05, 3.63) is 167 Å². The maximum absolute atomic E-state index is 5.52. The summed E-state index contributed by atoms with van der Waals surface area (Å²) >= 11 is 14.8. The lowest BCUT2D eigenvalue weighted by molar-refractivity contribution is 1.05. The highest BCUT2D eigenvalue weighted by Crippen LogP contribution is 2.58. The topological polar surface area (TPSA) is 109 Å². The van der Waals surface area contributed by atoms with E-state index in [-0.39, 0.29) is 21.0 Å². The molecule has 0 saturated heterocycles. The Labute approximate surface area is 403 Å². The number of benzene rings is 4. The summed E-state index contributed by atoms with van der Waals surface area (Å²) in [6, 6.07) is 43.2. The summed E-state index contributed by atoms with van der Waals surface area (Å²) in [7, 11) is 0. The summed E-state index contributed by atoms with van der Waals surface area (Å²) in [6.45, 7) is 0. The summed E-state index contributed by atoms with van der Waals surface area (Å²) in [5.74, 6) is 6.32. The quantitative estimate of drug-likeness (QED) is 0.175. The summed E-state index contributed by atoms with van der Waals surface area (Å²) in [5.41, 5.74) is 8.36. The smallest absolute Gasteiger partial charge is 0.171 e. The van der Waals surface area contributed by atoms with E-state index in [0.29, 0.717) is 23.3 Å². The van der Waals surface area contributed by atoms with Crippen LogP contribution in [-0.4, -0.2) is 62.9 Å². The van der Waals surface area contributed by atoms with Crippen molar-refractivity contribution in [3.8, 4) is 0 Å². The maximum atomic E-state index is 5.52. The summed E-state index contributed by atoms with van der Waals surface area (Å²) in [4.78, 5) is 48.7. The number of hydrogen-bond acceptors (Lipinski definition) is 14. The molecule has 6 aliphatic rings.